The predicted octanol–water partition coefficient (Wildman–Crippen LogP) is -1.54. The van der Waals surface area contributed by atoms with Crippen LogP contribution in [0.5, 0.6) is 5.75 Å². The Bertz CT molecular complexity index is 805. The number of piperidine rings is 1. The molecule has 5 amide bonds. The topological polar surface area (TPSA) is 148 Å². The van der Waals surface area contributed by atoms with Gasteiger partial charge in [0.25, 0.3) is 17.7 Å². The molecule has 4 N–H and O–H groups in total. The zero-order valence-corrected chi connectivity index (χ0v) is 12.9. The SMILES string of the molecule is NNC(=O)COc1cccc2c1C(=O)N(C1CCC(=O)NC1=O)C2=O. The zero-order chi connectivity index (χ0) is 18.1. The van der Waals surface area contributed by atoms with E-state index in [1.54, 1.807) is 0 Å². The van der Waals surface area contributed by atoms with Crippen molar-refractivity contribution in [2.24, 2.45) is 5.84 Å². The Hall–Kier alpha value is -3.27. The smallest absolute Gasteiger partial charge is 0.271 e. The first kappa shape index (κ1) is 16.6. The molecule has 0 radical (unpaired) electrons. The number of benzene rings is 1. The Morgan fingerprint density at radius 1 is 1.28 bits per heavy atom. The van der Waals surface area contributed by atoms with Gasteiger partial charge in [0, 0.05) is 6.42 Å². The van der Waals surface area contributed by atoms with E-state index < -0.39 is 42.2 Å². The molecule has 1 unspecified atom stereocenters. The zero-order valence-electron chi connectivity index (χ0n) is 12.9. The molecule has 10 nitrogen and oxygen atoms in total. The minimum absolute atomic E-state index is 0.0259. The Kier molecular flexibility index (Phi) is 4.19. The first-order valence-corrected chi connectivity index (χ1v) is 7.41. The molecule has 1 fully saturated rings. The van der Waals surface area contributed by atoms with Gasteiger partial charge in [-0.3, -0.25) is 39.6 Å². The third-order valence-corrected chi connectivity index (χ3v) is 3.95. The molecular formula is C15H14N4O6. The summed E-state index contributed by atoms with van der Waals surface area (Å²) in [4.78, 5) is 60.6. The summed E-state index contributed by atoms with van der Waals surface area (Å²) in [6, 6.07) is 3.29. The molecule has 0 aliphatic carbocycles. The molecule has 1 atom stereocenters. The number of nitrogens with one attached hydrogen (secondary N) is 2. The van der Waals surface area contributed by atoms with Crippen molar-refractivity contribution in [3.8, 4) is 5.75 Å². The van der Waals surface area contributed by atoms with E-state index in [9.17, 15) is 24.0 Å². The van der Waals surface area contributed by atoms with Crippen LogP contribution >= 0.6 is 0 Å². The third-order valence-electron chi connectivity index (χ3n) is 3.95. The highest BCUT2D eigenvalue weighted by atomic mass is 16.5. The summed E-state index contributed by atoms with van der Waals surface area (Å²) in [5.74, 6) is 1.88. The number of imide groups is 2. The molecule has 3 rings (SSSR count). The lowest BCUT2D eigenvalue weighted by molar-refractivity contribution is -0.136. The van der Waals surface area contributed by atoms with Gasteiger partial charge in [0.15, 0.2) is 6.61 Å². The van der Waals surface area contributed by atoms with Crippen molar-refractivity contribution in [2.75, 3.05) is 6.61 Å². The Morgan fingerprint density at radius 2 is 2.04 bits per heavy atom. The molecule has 0 aromatic heterocycles. The van der Waals surface area contributed by atoms with Crippen molar-refractivity contribution >= 4 is 29.5 Å². The van der Waals surface area contributed by atoms with Gasteiger partial charge in [0.1, 0.15) is 11.8 Å². The van der Waals surface area contributed by atoms with E-state index in [0.717, 1.165) is 4.90 Å². The van der Waals surface area contributed by atoms with Gasteiger partial charge in [0.2, 0.25) is 11.8 Å². The minimum atomic E-state index is -1.06. The highest BCUT2D eigenvalue weighted by molar-refractivity contribution is 6.24. The highest BCUT2D eigenvalue weighted by Gasteiger charge is 2.45. The number of nitrogens with two attached hydrogens (primary N) is 1. The van der Waals surface area contributed by atoms with Crippen LogP contribution in [-0.2, 0) is 14.4 Å². The van der Waals surface area contributed by atoms with Gasteiger partial charge < -0.3 is 4.74 Å². The molecule has 2 heterocycles. The number of amides is 5. The van der Waals surface area contributed by atoms with Crippen LogP contribution in [0.4, 0.5) is 0 Å². The number of nitrogens with zero attached hydrogens (tertiary/aromatic N) is 1. The fraction of sp³-hybridized carbons (Fsp3) is 0.267. The maximum atomic E-state index is 12.7. The number of carbonyl (C=O) groups is 5. The lowest BCUT2D eigenvalue weighted by Gasteiger charge is -2.27. The number of hydrogen-bond donors (Lipinski definition) is 3. The van der Waals surface area contributed by atoms with Crippen LogP contribution in [0.2, 0.25) is 0 Å². The average molecular weight is 346 g/mol. The van der Waals surface area contributed by atoms with Gasteiger partial charge in [-0.15, -0.1) is 0 Å². The minimum Gasteiger partial charge on any atom is -0.483 e. The summed E-state index contributed by atoms with van der Waals surface area (Å²) in [5, 5.41) is 2.11. The van der Waals surface area contributed by atoms with Crippen LogP contribution < -0.4 is 21.3 Å². The largest absolute Gasteiger partial charge is 0.483 e. The van der Waals surface area contributed by atoms with Crippen molar-refractivity contribution in [1.82, 2.24) is 15.6 Å². The number of carbonyl (C=O) groups excluding carboxylic acids is 5. The molecule has 2 aliphatic heterocycles. The average Bonchev–Trinajstić information content (AvgIpc) is 2.85. The number of ether oxygens (including phenoxy) is 1. The summed E-state index contributed by atoms with van der Waals surface area (Å²) in [6.45, 7) is -0.438. The Labute approximate surface area is 141 Å². The van der Waals surface area contributed by atoms with Crippen LogP contribution in [0.25, 0.3) is 0 Å². The maximum Gasteiger partial charge on any atom is 0.271 e. The van der Waals surface area contributed by atoms with Crippen LogP contribution in [0, 0.1) is 0 Å². The molecule has 25 heavy (non-hydrogen) atoms. The van der Waals surface area contributed by atoms with Gasteiger partial charge in [-0.1, -0.05) is 6.07 Å². The van der Waals surface area contributed by atoms with E-state index >= 15 is 0 Å². The summed E-state index contributed by atoms with van der Waals surface area (Å²) >= 11 is 0. The maximum absolute atomic E-state index is 12.7. The van der Waals surface area contributed by atoms with Crippen LogP contribution in [-0.4, -0.2) is 47.1 Å². The second-order valence-electron chi connectivity index (χ2n) is 5.48. The van der Waals surface area contributed by atoms with Gasteiger partial charge in [-0.25, -0.2) is 5.84 Å². The second-order valence-corrected chi connectivity index (χ2v) is 5.48. The predicted molar refractivity (Wildman–Crippen MR) is 80.9 cm³/mol. The Morgan fingerprint density at radius 3 is 2.72 bits per heavy atom. The molecule has 1 saturated heterocycles. The number of hydrogen-bond acceptors (Lipinski definition) is 7. The lowest BCUT2D eigenvalue weighted by atomic mass is 10.0. The molecule has 0 spiro atoms. The quantitative estimate of drug-likeness (QED) is 0.259. The summed E-state index contributed by atoms with van der Waals surface area (Å²) in [5.41, 5.74) is 1.93. The Balaban J connectivity index is 1.90. The first-order valence-electron chi connectivity index (χ1n) is 7.41. The van der Waals surface area contributed by atoms with Crippen LogP contribution in [0.1, 0.15) is 33.6 Å². The van der Waals surface area contributed by atoms with Gasteiger partial charge in [0.05, 0.1) is 11.1 Å². The van der Waals surface area contributed by atoms with Crippen molar-refractivity contribution < 1.29 is 28.7 Å². The monoisotopic (exact) mass is 346 g/mol. The molecule has 0 bridgehead atoms. The molecular weight excluding hydrogens is 332 g/mol. The van der Waals surface area contributed by atoms with Crippen molar-refractivity contribution in [1.29, 1.82) is 0 Å². The van der Waals surface area contributed by atoms with Crippen molar-refractivity contribution in [2.45, 2.75) is 18.9 Å². The standard InChI is InChI=1S/C15H14N4O6/c16-18-11(21)6-25-9-3-1-2-7-12(9)15(24)19(14(7)23)8-4-5-10(20)17-13(8)22/h1-3,8H,4-6,16H2,(H,18,21)(H,17,20,22). The van der Waals surface area contributed by atoms with E-state index in [0.29, 0.717) is 0 Å². The van der Waals surface area contributed by atoms with Crippen LogP contribution in [0.3, 0.4) is 0 Å². The molecule has 1 aromatic carbocycles. The molecule has 0 saturated carbocycles. The fourth-order valence-electron chi connectivity index (χ4n) is 2.79. The van der Waals surface area contributed by atoms with E-state index in [1.165, 1.54) is 18.2 Å². The summed E-state index contributed by atoms with van der Waals surface area (Å²) in [6.07, 6.45) is 0.0890. The molecule has 130 valence electrons. The van der Waals surface area contributed by atoms with E-state index in [4.69, 9.17) is 10.6 Å². The lowest BCUT2D eigenvalue weighted by Crippen LogP contribution is -2.54. The third kappa shape index (κ3) is 2.83. The molecule has 1 aromatic rings. The van der Waals surface area contributed by atoms with E-state index in [2.05, 4.69) is 5.32 Å². The van der Waals surface area contributed by atoms with Gasteiger partial charge in [-0.2, -0.15) is 0 Å². The molecule has 2 aliphatic rings. The van der Waals surface area contributed by atoms with Crippen molar-refractivity contribution in [3.63, 3.8) is 0 Å². The number of rotatable bonds is 4. The first-order chi connectivity index (χ1) is 11.9. The van der Waals surface area contributed by atoms with E-state index in [-0.39, 0.29) is 29.7 Å². The fourth-order valence-corrected chi connectivity index (χ4v) is 2.79. The van der Waals surface area contributed by atoms with Crippen molar-refractivity contribution in [3.05, 3.63) is 29.3 Å². The number of fused-ring (bicyclic) bond motifs is 1. The van der Waals surface area contributed by atoms with Crippen LogP contribution in [0.15, 0.2) is 18.2 Å². The highest BCUT2D eigenvalue weighted by Crippen LogP contribution is 2.33. The molecule has 10 heteroatoms. The summed E-state index contributed by atoms with van der Waals surface area (Å²) < 4.78 is 5.25. The van der Waals surface area contributed by atoms with Gasteiger partial charge in [-0.05, 0) is 18.6 Å². The second kappa shape index (κ2) is 6.32. The normalized spacial score (nSPS) is 19.6. The van der Waals surface area contributed by atoms with Gasteiger partial charge >= 0.3 is 0 Å². The number of hydrazine groups is 1. The summed E-state index contributed by atoms with van der Waals surface area (Å²) in [7, 11) is 0. The van der Waals surface area contributed by atoms with E-state index in [1.807, 2.05) is 5.43 Å².